The molecular formula is C16H16ClFO2. The van der Waals surface area contributed by atoms with Crippen LogP contribution in [0.3, 0.4) is 0 Å². The number of hydrogen-bond acceptors (Lipinski definition) is 2. The summed E-state index contributed by atoms with van der Waals surface area (Å²) in [5.74, 6) is -0.490. The van der Waals surface area contributed by atoms with Crippen molar-refractivity contribution >= 4 is 11.6 Å². The highest BCUT2D eigenvalue weighted by molar-refractivity contribution is 6.30. The van der Waals surface area contributed by atoms with Crippen LogP contribution in [-0.2, 0) is 11.2 Å². The molecule has 0 amide bonds. The second kappa shape index (κ2) is 6.84. The predicted octanol–water partition coefficient (Wildman–Crippen LogP) is 3.77. The molecule has 0 aliphatic heterocycles. The maximum Gasteiger partial charge on any atom is 0.145 e. The van der Waals surface area contributed by atoms with E-state index in [0.29, 0.717) is 5.56 Å². The Balaban J connectivity index is 2.18. The van der Waals surface area contributed by atoms with Crippen molar-refractivity contribution in [2.45, 2.75) is 18.6 Å². The molecule has 2 nitrogen and oxygen atoms in total. The van der Waals surface area contributed by atoms with Crippen molar-refractivity contribution in [2.75, 3.05) is 7.11 Å². The van der Waals surface area contributed by atoms with Crippen LogP contribution in [-0.4, -0.2) is 18.3 Å². The zero-order valence-corrected chi connectivity index (χ0v) is 11.8. The van der Waals surface area contributed by atoms with E-state index in [9.17, 15) is 9.50 Å². The summed E-state index contributed by atoms with van der Waals surface area (Å²) in [5, 5.41) is 10.4. The smallest absolute Gasteiger partial charge is 0.145 e. The Bertz CT molecular complexity index is 560. The highest BCUT2D eigenvalue weighted by Crippen LogP contribution is 2.25. The third-order valence-electron chi connectivity index (χ3n) is 3.19. The first kappa shape index (κ1) is 15.0. The van der Waals surface area contributed by atoms with Crippen molar-refractivity contribution < 1.29 is 14.2 Å². The largest absolute Gasteiger partial charge is 0.390 e. The minimum atomic E-state index is -0.852. The van der Waals surface area contributed by atoms with E-state index in [4.69, 9.17) is 16.3 Å². The first-order valence-electron chi connectivity index (χ1n) is 6.32. The van der Waals surface area contributed by atoms with Crippen LogP contribution in [0.4, 0.5) is 4.39 Å². The number of hydrogen-bond donors (Lipinski definition) is 1. The zero-order chi connectivity index (χ0) is 14.5. The van der Waals surface area contributed by atoms with E-state index in [1.54, 1.807) is 12.1 Å². The highest BCUT2D eigenvalue weighted by Gasteiger charge is 2.22. The fourth-order valence-electron chi connectivity index (χ4n) is 2.20. The van der Waals surface area contributed by atoms with Crippen LogP contribution in [0.2, 0.25) is 5.02 Å². The topological polar surface area (TPSA) is 29.5 Å². The summed E-state index contributed by atoms with van der Waals surface area (Å²) in [4.78, 5) is 0. The molecule has 2 unspecified atom stereocenters. The van der Waals surface area contributed by atoms with Gasteiger partial charge in [0.15, 0.2) is 0 Å². The fourth-order valence-corrected chi connectivity index (χ4v) is 2.39. The number of ether oxygens (including phenoxy) is 1. The van der Waals surface area contributed by atoms with E-state index in [2.05, 4.69) is 0 Å². The first-order chi connectivity index (χ1) is 9.63. The van der Waals surface area contributed by atoms with Crippen LogP contribution in [0.5, 0.6) is 0 Å². The Morgan fingerprint density at radius 3 is 2.50 bits per heavy atom. The van der Waals surface area contributed by atoms with Crippen molar-refractivity contribution in [3.8, 4) is 0 Å². The molecule has 106 valence electrons. The minimum Gasteiger partial charge on any atom is -0.390 e. The highest BCUT2D eigenvalue weighted by atomic mass is 35.5. The van der Waals surface area contributed by atoms with Gasteiger partial charge in [-0.25, -0.2) is 4.39 Å². The minimum absolute atomic E-state index is 0.0587. The van der Waals surface area contributed by atoms with Gasteiger partial charge in [0, 0.05) is 13.5 Å². The molecule has 0 heterocycles. The zero-order valence-electron chi connectivity index (χ0n) is 11.1. The van der Waals surface area contributed by atoms with Crippen LogP contribution >= 0.6 is 11.6 Å². The first-order valence-corrected chi connectivity index (χ1v) is 6.70. The van der Waals surface area contributed by atoms with Crippen molar-refractivity contribution in [3.05, 3.63) is 70.5 Å². The lowest BCUT2D eigenvalue weighted by Gasteiger charge is -2.22. The van der Waals surface area contributed by atoms with Gasteiger partial charge in [-0.1, -0.05) is 54.1 Å². The van der Waals surface area contributed by atoms with Crippen molar-refractivity contribution in [3.63, 3.8) is 0 Å². The number of halogens is 2. The second-order valence-electron chi connectivity index (χ2n) is 4.55. The molecule has 2 aromatic carbocycles. The molecule has 0 fully saturated rings. The van der Waals surface area contributed by atoms with Gasteiger partial charge in [-0.2, -0.15) is 0 Å². The molecular weight excluding hydrogens is 279 g/mol. The Hall–Kier alpha value is -1.42. The number of aliphatic hydroxyl groups excluding tert-OH is 1. The van der Waals surface area contributed by atoms with E-state index in [1.165, 1.54) is 13.2 Å². The van der Waals surface area contributed by atoms with Gasteiger partial charge in [0.05, 0.1) is 11.1 Å². The molecule has 0 bridgehead atoms. The average Bonchev–Trinajstić information content (AvgIpc) is 2.46. The molecule has 0 aromatic heterocycles. The van der Waals surface area contributed by atoms with Crippen LogP contribution < -0.4 is 0 Å². The normalized spacial score (nSPS) is 14.0. The molecule has 0 spiro atoms. The monoisotopic (exact) mass is 294 g/mol. The number of benzene rings is 2. The third kappa shape index (κ3) is 3.37. The van der Waals surface area contributed by atoms with Crippen molar-refractivity contribution in [2.24, 2.45) is 0 Å². The number of methoxy groups -OCH3 is 1. The summed E-state index contributed by atoms with van der Waals surface area (Å²) in [6, 6.07) is 14.1. The van der Waals surface area contributed by atoms with Gasteiger partial charge >= 0.3 is 0 Å². The molecule has 2 atom stereocenters. The number of rotatable bonds is 5. The lowest BCUT2D eigenvalue weighted by molar-refractivity contribution is -0.0131. The SMILES string of the molecule is COC(c1ccccc1)C(O)Cc1cccc(Cl)c1F. The Morgan fingerprint density at radius 1 is 1.15 bits per heavy atom. The summed E-state index contributed by atoms with van der Waals surface area (Å²) in [5.41, 5.74) is 1.23. The average molecular weight is 295 g/mol. The summed E-state index contributed by atoms with van der Waals surface area (Å²) >= 11 is 5.74. The molecule has 2 rings (SSSR count). The van der Waals surface area contributed by atoms with Gasteiger partial charge in [-0.05, 0) is 17.2 Å². The van der Waals surface area contributed by atoms with Gasteiger partial charge in [0.1, 0.15) is 11.9 Å². The molecule has 0 saturated carbocycles. The predicted molar refractivity (Wildman–Crippen MR) is 77.3 cm³/mol. The summed E-state index contributed by atoms with van der Waals surface area (Å²) in [6.07, 6.45) is -1.22. The maximum absolute atomic E-state index is 13.8. The van der Waals surface area contributed by atoms with E-state index < -0.39 is 18.0 Å². The van der Waals surface area contributed by atoms with E-state index in [1.807, 2.05) is 30.3 Å². The van der Waals surface area contributed by atoms with Gasteiger partial charge < -0.3 is 9.84 Å². The lowest BCUT2D eigenvalue weighted by Crippen LogP contribution is -2.23. The molecule has 20 heavy (non-hydrogen) atoms. The van der Waals surface area contributed by atoms with E-state index in [-0.39, 0.29) is 11.4 Å². The summed E-state index contributed by atoms with van der Waals surface area (Å²) in [7, 11) is 1.52. The van der Waals surface area contributed by atoms with Crippen molar-refractivity contribution in [1.82, 2.24) is 0 Å². The van der Waals surface area contributed by atoms with Crippen molar-refractivity contribution in [1.29, 1.82) is 0 Å². The summed E-state index contributed by atoms with van der Waals surface area (Å²) in [6.45, 7) is 0. The molecule has 0 saturated heterocycles. The molecule has 4 heteroatoms. The molecule has 1 N–H and O–H groups in total. The molecule has 0 aliphatic carbocycles. The second-order valence-corrected chi connectivity index (χ2v) is 4.96. The molecule has 0 aliphatic rings. The standard InChI is InChI=1S/C16H16ClFO2/c1-20-16(11-6-3-2-4-7-11)14(19)10-12-8-5-9-13(17)15(12)18/h2-9,14,16,19H,10H2,1H3. The Kier molecular flexibility index (Phi) is 5.12. The molecule has 2 aromatic rings. The number of aliphatic hydroxyl groups is 1. The van der Waals surface area contributed by atoms with Crippen LogP contribution in [0.15, 0.2) is 48.5 Å². The molecule has 0 radical (unpaired) electrons. The van der Waals surface area contributed by atoms with Gasteiger partial charge in [-0.3, -0.25) is 0 Å². The van der Waals surface area contributed by atoms with Crippen LogP contribution in [0.25, 0.3) is 0 Å². The van der Waals surface area contributed by atoms with E-state index in [0.717, 1.165) is 5.56 Å². The maximum atomic E-state index is 13.8. The van der Waals surface area contributed by atoms with Gasteiger partial charge in [-0.15, -0.1) is 0 Å². The van der Waals surface area contributed by atoms with Crippen LogP contribution in [0.1, 0.15) is 17.2 Å². The Labute approximate surface area is 122 Å². The summed E-state index contributed by atoms with van der Waals surface area (Å²) < 4.78 is 19.2. The van der Waals surface area contributed by atoms with E-state index >= 15 is 0 Å². The van der Waals surface area contributed by atoms with Gasteiger partial charge in [0.2, 0.25) is 0 Å². The lowest BCUT2D eigenvalue weighted by atomic mass is 9.98. The fraction of sp³-hybridized carbons (Fsp3) is 0.250. The quantitative estimate of drug-likeness (QED) is 0.909. The third-order valence-corrected chi connectivity index (χ3v) is 3.48. The van der Waals surface area contributed by atoms with Crippen LogP contribution in [0, 0.1) is 5.82 Å². The van der Waals surface area contributed by atoms with Gasteiger partial charge in [0.25, 0.3) is 0 Å². The Morgan fingerprint density at radius 2 is 1.85 bits per heavy atom.